The van der Waals surface area contributed by atoms with Crippen LogP contribution < -0.4 is 14.8 Å². The summed E-state index contributed by atoms with van der Waals surface area (Å²) < 4.78 is 33.4. The molecule has 0 saturated carbocycles. The predicted molar refractivity (Wildman–Crippen MR) is 107 cm³/mol. The molecule has 2 aromatic carbocycles. The molecule has 27 heavy (non-hydrogen) atoms. The van der Waals surface area contributed by atoms with Crippen LogP contribution in [0.15, 0.2) is 52.3 Å². The summed E-state index contributed by atoms with van der Waals surface area (Å²) in [6, 6.07) is 12.1. The van der Waals surface area contributed by atoms with Crippen molar-refractivity contribution < 1.29 is 17.9 Å². The summed E-state index contributed by atoms with van der Waals surface area (Å²) in [4.78, 5) is 12.7. The molecular weight excluding hydrogens is 384 g/mol. The summed E-state index contributed by atoms with van der Waals surface area (Å²) in [7, 11) is -3.69. The highest BCUT2D eigenvalue weighted by molar-refractivity contribution is 7.99. The van der Waals surface area contributed by atoms with E-state index in [2.05, 4.69) is 10.0 Å². The van der Waals surface area contributed by atoms with Crippen LogP contribution in [-0.2, 0) is 21.4 Å². The van der Waals surface area contributed by atoms with Crippen LogP contribution in [0.2, 0.25) is 0 Å². The number of thioether (sulfide) groups is 1. The van der Waals surface area contributed by atoms with Gasteiger partial charge in [0.25, 0.3) is 0 Å². The average molecular weight is 407 g/mol. The number of sulfonamides is 1. The Kier molecular flexibility index (Phi) is 6.08. The maximum atomic E-state index is 12.6. The number of fused-ring (bicyclic) bond motifs is 1. The molecule has 0 radical (unpaired) electrons. The van der Waals surface area contributed by atoms with Crippen molar-refractivity contribution in [3.63, 3.8) is 0 Å². The molecule has 0 atom stereocenters. The normalized spacial score (nSPS) is 14.4. The van der Waals surface area contributed by atoms with Crippen LogP contribution in [0, 0.1) is 0 Å². The highest BCUT2D eigenvalue weighted by Gasteiger charge is 2.19. The second-order valence-corrected chi connectivity index (χ2v) is 9.34. The van der Waals surface area contributed by atoms with Crippen LogP contribution in [0.5, 0.6) is 5.75 Å². The fourth-order valence-electron chi connectivity index (χ4n) is 2.59. The van der Waals surface area contributed by atoms with E-state index in [-0.39, 0.29) is 23.5 Å². The lowest BCUT2D eigenvalue weighted by molar-refractivity contribution is -0.115. The van der Waals surface area contributed by atoms with Crippen LogP contribution in [0.3, 0.4) is 0 Å². The number of anilines is 1. The van der Waals surface area contributed by atoms with E-state index < -0.39 is 10.0 Å². The molecule has 2 aromatic rings. The highest BCUT2D eigenvalue weighted by atomic mass is 32.2. The minimum absolute atomic E-state index is 0.0845. The number of nitrogens with one attached hydrogen (secondary N) is 2. The van der Waals surface area contributed by atoms with Gasteiger partial charge in [0.05, 0.1) is 16.7 Å². The van der Waals surface area contributed by atoms with Crippen LogP contribution in [0.25, 0.3) is 0 Å². The molecule has 3 rings (SSSR count). The quantitative estimate of drug-likeness (QED) is 0.768. The van der Waals surface area contributed by atoms with Crippen molar-refractivity contribution in [2.45, 2.75) is 42.7 Å². The molecule has 144 valence electrons. The molecule has 6 nitrogen and oxygen atoms in total. The van der Waals surface area contributed by atoms with Gasteiger partial charge in [0.2, 0.25) is 15.9 Å². The van der Waals surface area contributed by atoms with Gasteiger partial charge >= 0.3 is 0 Å². The number of benzene rings is 2. The smallest absolute Gasteiger partial charge is 0.240 e. The Morgan fingerprint density at radius 3 is 2.63 bits per heavy atom. The van der Waals surface area contributed by atoms with Crippen LogP contribution in [0.4, 0.5) is 5.69 Å². The van der Waals surface area contributed by atoms with Gasteiger partial charge in [-0.15, -0.1) is 11.8 Å². The van der Waals surface area contributed by atoms with E-state index in [0.717, 1.165) is 16.2 Å². The van der Waals surface area contributed by atoms with Gasteiger partial charge in [-0.05, 0) is 49.7 Å². The Hall–Kier alpha value is -2.03. The number of ether oxygens (including phenoxy) is 1. The fourth-order valence-corrected chi connectivity index (χ4v) is 4.57. The van der Waals surface area contributed by atoms with E-state index in [1.807, 2.05) is 38.1 Å². The minimum Gasteiger partial charge on any atom is -0.491 e. The number of rotatable bonds is 6. The molecule has 0 fully saturated rings. The Bertz CT molecular complexity index is 925. The van der Waals surface area contributed by atoms with Crippen LogP contribution in [0.1, 0.15) is 25.8 Å². The zero-order valence-electron chi connectivity index (χ0n) is 15.2. The summed E-state index contributed by atoms with van der Waals surface area (Å²) in [5, 5.41) is 2.76. The Morgan fingerprint density at radius 2 is 1.93 bits per heavy atom. The minimum atomic E-state index is -3.69. The standard InChI is InChI=1S/C19H22N2O4S2/c1-13(2)25-15-5-3-14(4-6-15)12-20-27(23,24)16-7-8-18-17(11-16)21-19(22)9-10-26-18/h3-8,11,13,20H,9-10,12H2,1-2H3,(H,21,22). The molecule has 1 aliphatic heterocycles. The zero-order valence-corrected chi connectivity index (χ0v) is 16.8. The fraction of sp³-hybridized carbons (Fsp3) is 0.316. The third-order valence-electron chi connectivity index (χ3n) is 3.88. The first-order valence-electron chi connectivity index (χ1n) is 8.65. The van der Waals surface area contributed by atoms with Gasteiger partial charge in [-0.3, -0.25) is 4.79 Å². The summed E-state index contributed by atoms with van der Waals surface area (Å²) in [5.74, 6) is 1.32. The number of hydrogen-bond acceptors (Lipinski definition) is 5. The lowest BCUT2D eigenvalue weighted by atomic mass is 10.2. The highest BCUT2D eigenvalue weighted by Crippen LogP contribution is 2.32. The maximum absolute atomic E-state index is 12.6. The Morgan fingerprint density at radius 1 is 1.19 bits per heavy atom. The Labute approximate surface area is 163 Å². The van der Waals surface area contributed by atoms with E-state index in [9.17, 15) is 13.2 Å². The second-order valence-electron chi connectivity index (χ2n) is 6.44. The largest absolute Gasteiger partial charge is 0.491 e. The van der Waals surface area contributed by atoms with Crippen LogP contribution in [-0.4, -0.2) is 26.2 Å². The number of carbonyl (C=O) groups excluding carboxylic acids is 1. The molecule has 0 bridgehead atoms. The number of carbonyl (C=O) groups is 1. The van der Waals surface area contributed by atoms with Crippen molar-refractivity contribution in [3.05, 3.63) is 48.0 Å². The first-order chi connectivity index (χ1) is 12.8. The van der Waals surface area contributed by atoms with Gasteiger partial charge in [-0.1, -0.05) is 12.1 Å². The number of amides is 1. The van der Waals surface area contributed by atoms with Crippen molar-refractivity contribution in [1.29, 1.82) is 0 Å². The maximum Gasteiger partial charge on any atom is 0.240 e. The SMILES string of the molecule is CC(C)Oc1ccc(CNS(=O)(=O)c2ccc3c(c2)NC(=O)CCS3)cc1. The molecule has 0 spiro atoms. The molecule has 0 saturated heterocycles. The van der Waals surface area contributed by atoms with Crippen molar-refractivity contribution >= 4 is 33.4 Å². The van der Waals surface area contributed by atoms with Crippen molar-refractivity contribution in [3.8, 4) is 5.75 Å². The zero-order chi connectivity index (χ0) is 19.4. The van der Waals surface area contributed by atoms with Crippen molar-refractivity contribution in [2.75, 3.05) is 11.1 Å². The van der Waals surface area contributed by atoms with E-state index in [0.29, 0.717) is 17.9 Å². The molecule has 0 unspecified atom stereocenters. The number of hydrogen-bond donors (Lipinski definition) is 2. The predicted octanol–water partition coefficient (Wildman–Crippen LogP) is 3.39. The van der Waals surface area contributed by atoms with Gasteiger partial charge in [-0.2, -0.15) is 0 Å². The molecule has 1 heterocycles. The Balaban J connectivity index is 1.70. The summed E-state index contributed by atoms with van der Waals surface area (Å²) >= 11 is 1.54. The topological polar surface area (TPSA) is 84.5 Å². The monoisotopic (exact) mass is 406 g/mol. The van der Waals surface area contributed by atoms with Crippen molar-refractivity contribution in [1.82, 2.24) is 4.72 Å². The van der Waals surface area contributed by atoms with E-state index in [1.54, 1.807) is 12.1 Å². The van der Waals surface area contributed by atoms with Gasteiger partial charge in [0.15, 0.2) is 0 Å². The third-order valence-corrected chi connectivity index (χ3v) is 6.36. The molecule has 1 amide bonds. The summed E-state index contributed by atoms with van der Waals surface area (Å²) in [6.07, 6.45) is 0.497. The summed E-state index contributed by atoms with van der Waals surface area (Å²) in [5.41, 5.74) is 1.37. The second kappa shape index (κ2) is 8.33. The molecule has 0 aromatic heterocycles. The van der Waals surface area contributed by atoms with Gasteiger partial charge in [-0.25, -0.2) is 13.1 Å². The van der Waals surface area contributed by atoms with Gasteiger partial charge in [0.1, 0.15) is 5.75 Å². The van der Waals surface area contributed by atoms with Gasteiger partial charge in [0, 0.05) is 23.6 Å². The third kappa shape index (κ3) is 5.24. The van der Waals surface area contributed by atoms with E-state index in [4.69, 9.17) is 4.74 Å². The lowest BCUT2D eigenvalue weighted by Gasteiger charge is -2.12. The molecular formula is C19H22N2O4S2. The van der Waals surface area contributed by atoms with Crippen molar-refractivity contribution in [2.24, 2.45) is 0 Å². The molecule has 8 heteroatoms. The molecule has 0 aliphatic carbocycles. The first kappa shape index (κ1) is 19.7. The van der Waals surface area contributed by atoms with E-state index >= 15 is 0 Å². The van der Waals surface area contributed by atoms with Crippen LogP contribution >= 0.6 is 11.8 Å². The van der Waals surface area contributed by atoms with Gasteiger partial charge < -0.3 is 10.1 Å². The average Bonchev–Trinajstić information content (AvgIpc) is 2.80. The van der Waals surface area contributed by atoms with E-state index in [1.165, 1.54) is 17.8 Å². The molecule has 2 N–H and O–H groups in total. The summed E-state index contributed by atoms with van der Waals surface area (Å²) in [6.45, 7) is 4.07. The first-order valence-corrected chi connectivity index (χ1v) is 11.1. The molecule has 1 aliphatic rings. The lowest BCUT2D eigenvalue weighted by Crippen LogP contribution is -2.23.